The van der Waals surface area contributed by atoms with Gasteiger partial charge in [0, 0.05) is 29.9 Å². The fraction of sp³-hybridized carbons (Fsp3) is 0.265. The molecule has 4 atom stereocenters. The molecule has 9 N–H and O–H groups in total. The minimum absolute atomic E-state index is 0.0117. The first-order valence-corrected chi connectivity index (χ1v) is 15.0. The largest absolute Gasteiger partial charge is 0.508 e. The third-order valence-corrected chi connectivity index (χ3v) is 7.55. The van der Waals surface area contributed by atoms with Crippen LogP contribution in [0.5, 0.6) is 5.75 Å². The number of aromatic nitrogens is 1. The number of hydrogen-bond acceptors (Lipinski definition) is 7. The number of hydrogen-bond donors (Lipinski definition) is 8. The number of carboxylic acid groups (broad SMARTS) is 1. The highest BCUT2D eigenvalue weighted by Gasteiger charge is 2.29. The number of aliphatic carboxylic acids is 1. The van der Waals surface area contributed by atoms with Gasteiger partial charge < -0.3 is 42.2 Å². The molecule has 4 aromatic rings. The number of para-hydroxylation sites is 1. The van der Waals surface area contributed by atoms with Crippen molar-refractivity contribution in [3.63, 3.8) is 0 Å². The molecule has 1 heterocycles. The molecule has 246 valence electrons. The van der Waals surface area contributed by atoms with E-state index in [0.29, 0.717) is 11.1 Å². The zero-order valence-electron chi connectivity index (χ0n) is 25.7. The maximum absolute atomic E-state index is 13.6. The van der Waals surface area contributed by atoms with Crippen LogP contribution in [0.3, 0.4) is 0 Å². The zero-order chi connectivity index (χ0) is 33.9. The summed E-state index contributed by atoms with van der Waals surface area (Å²) >= 11 is 0. The molecule has 13 heteroatoms. The summed E-state index contributed by atoms with van der Waals surface area (Å²) in [6, 6.07) is 17.9. The van der Waals surface area contributed by atoms with Gasteiger partial charge >= 0.3 is 5.97 Å². The molecule has 0 aliphatic heterocycles. The molecule has 0 saturated carbocycles. The first kappa shape index (κ1) is 34.2. The van der Waals surface area contributed by atoms with Gasteiger partial charge in [-0.15, -0.1) is 0 Å². The number of carbonyl (C=O) groups is 5. The van der Waals surface area contributed by atoms with Crippen LogP contribution in [-0.4, -0.2) is 75.5 Å². The fourth-order valence-electron chi connectivity index (χ4n) is 4.96. The van der Waals surface area contributed by atoms with Crippen molar-refractivity contribution in [1.82, 2.24) is 26.3 Å². The second-order valence-corrected chi connectivity index (χ2v) is 11.2. The molecule has 47 heavy (non-hydrogen) atoms. The Labute approximate surface area is 270 Å². The van der Waals surface area contributed by atoms with E-state index in [1.54, 1.807) is 48.7 Å². The highest BCUT2D eigenvalue weighted by Crippen LogP contribution is 2.19. The summed E-state index contributed by atoms with van der Waals surface area (Å²) in [6.45, 7) is 0.833. The van der Waals surface area contributed by atoms with Gasteiger partial charge in [-0.2, -0.15) is 0 Å². The number of nitrogens with two attached hydrogens (primary N) is 1. The predicted molar refractivity (Wildman–Crippen MR) is 174 cm³/mol. The first-order chi connectivity index (χ1) is 22.5. The number of benzene rings is 3. The Morgan fingerprint density at radius 3 is 2.02 bits per heavy atom. The van der Waals surface area contributed by atoms with Crippen LogP contribution in [0.15, 0.2) is 85.1 Å². The maximum Gasteiger partial charge on any atom is 0.325 e. The summed E-state index contributed by atoms with van der Waals surface area (Å²) in [7, 11) is 0. The van der Waals surface area contributed by atoms with Gasteiger partial charge in [-0.05, 0) is 48.2 Å². The lowest BCUT2D eigenvalue weighted by Crippen LogP contribution is -2.57. The Balaban J connectivity index is 1.44. The van der Waals surface area contributed by atoms with Crippen molar-refractivity contribution in [1.29, 1.82) is 0 Å². The molecule has 4 rings (SSSR count). The summed E-state index contributed by atoms with van der Waals surface area (Å²) < 4.78 is 0. The van der Waals surface area contributed by atoms with Gasteiger partial charge in [-0.1, -0.05) is 60.7 Å². The van der Waals surface area contributed by atoms with Crippen LogP contribution >= 0.6 is 0 Å². The summed E-state index contributed by atoms with van der Waals surface area (Å²) in [6.07, 6.45) is 2.05. The van der Waals surface area contributed by atoms with Crippen molar-refractivity contribution in [2.24, 2.45) is 5.73 Å². The van der Waals surface area contributed by atoms with E-state index in [1.165, 1.54) is 19.1 Å². The summed E-state index contributed by atoms with van der Waals surface area (Å²) in [5, 5.41) is 30.1. The Kier molecular flexibility index (Phi) is 11.7. The second kappa shape index (κ2) is 16.0. The number of carboxylic acids is 1. The minimum atomic E-state index is -1.25. The molecule has 4 unspecified atom stereocenters. The number of amides is 4. The van der Waals surface area contributed by atoms with Crippen LogP contribution < -0.4 is 27.0 Å². The zero-order valence-corrected chi connectivity index (χ0v) is 25.7. The van der Waals surface area contributed by atoms with Gasteiger partial charge in [-0.25, -0.2) is 0 Å². The van der Waals surface area contributed by atoms with Crippen LogP contribution in [0.1, 0.15) is 23.6 Å². The monoisotopic (exact) mass is 642 g/mol. The fourth-order valence-corrected chi connectivity index (χ4v) is 4.96. The van der Waals surface area contributed by atoms with Gasteiger partial charge in [-0.3, -0.25) is 24.0 Å². The Morgan fingerprint density at radius 1 is 0.745 bits per heavy atom. The summed E-state index contributed by atoms with van der Waals surface area (Å²) in [5.41, 5.74) is 9.20. The molecule has 0 aliphatic rings. The molecule has 0 aliphatic carbocycles. The SMILES string of the molecule is CC(NC(=O)C(Cc1ccccc1)NC(=O)C(Cc1ccc(O)cc1)NC(=O)CNC(=O)C(N)Cc1c[nH]c2ccccc12)C(=O)O. The number of phenolic OH excluding ortho intramolecular Hbond substituents is 1. The molecule has 3 aromatic carbocycles. The number of carbonyl (C=O) groups excluding carboxylic acids is 4. The number of rotatable bonds is 15. The van der Waals surface area contributed by atoms with Crippen molar-refractivity contribution in [2.45, 2.75) is 50.4 Å². The average molecular weight is 643 g/mol. The third-order valence-electron chi connectivity index (χ3n) is 7.55. The van der Waals surface area contributed by atoms with Gasteiger partial charge in [0.15, 0.2) is 0 Å². The van der Waals surface area contributed by atoms with Crippen LogP contribution in [-0.2, 0) is 43.2 Å². The van der Waals surface area contributed by atoms with E-state index in [4.69, 9.17) is 5.73 Å². The predicted octanol–water partition coefficient (Wildman–Crippen LogP) is 0.904. The molecule has 0 bridgehead atoms. The number of nitrogens with one attached hydrogen (secondary N) is 5. The first-order valence-electron chi connectivity index (χ1n) is 15.0. The van der Waals surface area contributed by atoms with E-state index >= 15 is 0 Å². The topological polar surface area (TPSA) is 216 Å². The van der Waals surface area contributed by atoms with E-state index in [-0.39, 0.29) is 25.0 Å². The smallest absolute Gasteiger partial charge is 0.325 e. The number of H-pyrrole nitrogens is 1. The molecule has 1 aromatic heterocycles. The van der Waals surface area contributed by atoms with Gasteiger partial charge in [0.2, 0.25) is 23.6 Å². The highest BCUT2D eigenvalue weighted by atomic mass is 16.4. The molecular weight excluding hydrogens is 604 g/mol. The van der Waals surface area contributed by atoms with E-state index in [2.05, 4.69) is 26.3 Å². The standard InChI is InChI=1S/C34H38N6O7/c1-20(34(46)47)38-32(44)29(15-21-7-3-2-4-8-21)40-33(45)28(16-22-11-13-24(41)14-12-22)39-30(42)19-37-31(43)26(35)17-23-18-36-27-10-6-5-9-25(23)27/h2-14,18,20,26,28-29,36,41H,15-17,19,35H2,1H3,(H,37,43)(H,38,44)(H,39,42)(H,40,45)(H,46,47). The molecule has 0 fully saturated rings. The van der Waals surface area contributed by atoms with Crippen molar-refractivity contribution in [2.75, 3.05) is 6.54 Å². The van der Waals surface area contributed by atoms with Gasteiger partial charge in [0.25, 0.3) is 0 Å². The number of fused-ring (bicyclic) bond motifs is 1. The Hall–Kier alpha value is -5.69. The Morgan fingerprint density at radius 2 is 1.34 bits per heavy atom. The quantitative estimate of drug-likeness (QED) is 0.0930. The number of aromatic amines is 1. The van der Waals surface area contributed by atoms with E-state index in [0.717, 1.165) is 16.5 Å². The molecular formula is C34H38N6O7. The van der Waals surface area contributed by atoms with Crippen LogP contribution in [0.2, 0.25) is 0 Å². The lowest BCUT2D eigenvalue weighted by molar-refractivity contribution is -0.141. The van der Waals surface area contributed by atoms with Crippen LogP contribution in [0.4, 0.5) is 0 Å². The molecule has 0 spiro atoms. The average Bonchev–Trinajstić information content (AvgIpc) is 3.46. The third kappa shape index (κ3) is 9.90. The van der Waals surface area contributed by atoms with Crippen LogP contribution in [0.25, 0.3) is 10.9 Å². The van der Waals surface area contributed by atoms with Gasteiger partial charge in [0.1, 0.15) is 23.9 Å². The van der Waals surface area contributed by atoms with Crippen molar-refractivity contribution in [3.05, 3.63) is 102 Å². The van der Waals surface area contributed by atoms with Crippen molar-refractivity contribution < 1.29 is 34.2 Å². The van der Waals surface area contributed by atoms with E-state index in [9.17, 15) is 34.2 Å². The summed E-state index contributed by atoms with van der Waals surface area (Å²) in [5.74, 6) is -3.91. The molecule has 0 saturated heterocycles. The molecule has 4 amide bonds. The minimum Gasteiger partial charge on any atom is -0.508 e. The summed E-state index contributed by atoms with van der Waals surface area (Å²) in [4.78, 5) is 67.0. The normalized spacial score (nSPS) is 13.5. The lowest BCUT2D eigenvalue weighted by Gasteiger charge is -2.24. The highest BCUT2D eigenvalue weighted by molar-refractivity contribution is 5.95. The molecule has 0 radical (unpaired) electrons. The second-order valence-electron chi connectivity index (χ2n) is 11.2. The van der Waals surface area contributed by atoms with E-state index in [1.807, 2.05) is 24.3 Å². The van der Waals surface area contributed by atoms with Gasteiger partial charge in [0.05, 0.1) is 12.6 Å². The maximum atomic E-state index is 13.6. The lowest BCUT2D eigenvalue weighted by atomic mass is 10.0. The molecule has 13 nitrogen and oxygen atoms in total. The Bertz CT molecular complexity index is 1710. The van der Waals surface area contributed by atoms with Crippen molar-refractivity contribution in [3.8, 4) is 5.75 Å². The van der Waals surface area contributed by atoms with E-state index < -0.39 is 60.3 Å². The number of aromatic hydroxyl groups is 1. The number of phenols is 1. The van der Waals surface area contributed by atoms with Crippen LogP contribution in [0, 0.1) is 0 Å². The van der Waals surface area contributed by atoms with Crippen molar-refractivity contribution >= 4 is 40.5 Å².